The smallest absolute Gasteiger partial charge is 0.202 e. The van der Waals surface area contributed by atoms with E-state index in [1.807, 2.05) is 12.4 Å². The Labute approximate surface area is 92.9 Å². The average molecular weight is 209 g/mol. The highest BCUT2D eigenvalue weighted by atomic mass is 15.2. The normalized spacial score (nSPS) is 10.9. The second kappa shape index (κ2) is 6.49. The van der Waals surface area contributed by atoms with Gasteiger partial charge in [0, 0.05) is 25.5 Å². The number of anilines is 1. The number of unbranched alkanes of at least 4 members (excludes halogenated alkanes) is 1. The third-order valence-corrected chi connectivity index (χ3v) is 2.48. The fraction of sp³-hybridized carbons (Fsp3) is 0.750. The molecule has 0 aliphatic heterocycles. The predicted octanol–water partition coefficient (Wildman–Crippen LogP) is 3.14. The molecule has 0 radical (unpaired) electrons. The van der Waals surface area contributed by atoms with E-state index in [0.717, 1.165) is 25.0 Å². The second-order valence-corrected chi connectivity index (χ2v) is 4.36. The lowest BCUT2D eigenvalue weighted by Crippen LogP contribution is -2.06. The van der Waals surface area contributed by atoms with Gasteiger partial charge in [-0.25, -0.2) is 4.98 Å². The van der Waals surface area contributed by atoms with Crippen molar-refractivity contribution < 1.29 is 0 Å². The van der Waals surface area contributed by atoms with Crippen LogP contribution in [-0.2, 0) is 6.54 Å². The molecular weight excluding hydrogens is 186 g/mol. The maximum Gasteiger partial charge on any atom is 0.202 e. The van der Waals surface area contributed by atoms with E-state index < -0.39 is 0 Å². The van der Waals surface area contributed by atoms with Crippen molar-refractivity contribution >= 4 is 5.95 Å². The second-order valence-electron chi connectivity index (χ2n) is 4.36. The molecule has 0 aliphatic carbocycles. The molecule has 3 nitrogen and oxygen atoms in total. The minimum absolute atomic E-state index is 0.820. The average Bonchev–Trinajstić information content (AvgIpc) is 2.61. The van der Waals surface area contributed by atoms with E-state index in [1.165, 1.54) is 19.3 Å². The van der Waals surface area contributed by atoms with Crippen molar-refractivity contribution in [2.75, 3.05) is 11.9 Å². The van der Waals surface area contributed by atoms with Gasteiger partial charge in [0.25, 0.3) is 0 Å². The van der Waals surface area contributed by atoms with E-state index in [4.69, 9.17) is 0 Å². The molecule has 0 bridgehead atoms. The molecule has 1 heterocycles. The van der Waals surface area contributed by atoms with E-state index >= 15 is 0 Å². The topological polar surface area (TPSA) is 29.9 Å². The summed E-state index contributed by atoms with van der Waals surface area (Å²) in [5.74, 6) is 1.82. The van der Waals surface area contributed by atoms with Crippen molar-refractivity contribution in [1.82, 2.24) is 9.55 Å². The molecule has 0 aliphatic rings. The Morgan fingerprint density at radius 2 is 2.20 bits per heavy atom. The molecule has 0 fully saturated rings. The van der Waals surface area contributed by atoms with Crippen molar-refractivity contribution in [3.63, 3.8) is 0 Å². The van der Waals surface area contributed by atoms with Gasteiger partial charge in [0.2, 0.25) is 5.95 Å². The minimum atomic E-state index is 0.820. The summed E-state index contributed by atoms with van der Waals surface area (Å²) in [6.07, 6.45) is 7.79. The highest BCUT2D eigenvalue weighted by Gasteiger charge is 2.00. The van der Waals surface area contributed by atoms with Crippen LogP contribution in [0.2, 0.25) is 0 Å². The molecule has 0 unspecified atom stereocenters. The summed E-state index contributed by atoms with van der Waals surface area (Å²) in [6.45, 7) is 8.67. The first-order valence-corrected chi connectivity index (χ1v) is 5.99. The molecule has 1 rings (SSSR count). The van der Waals surface area contributed by atoms with Crippen molar-refractivity contribution in [3.8, 4) is 0 Å². The Morgan fingerprint density at radius 3 is 2.87 bits per heavy atom. The molecule has 0 saturated heterocycles. The molecular formula is C12H23N3. The predicted molar refractivity (Wildman–Crippen MR) is 65.1 cm³/mol. The molecule has 0 spiro atoms. The molecule has 0 atom stereocenters. The Morgan fingerprint density at radius 1 is 1.40 bits per heavy atom. The number of rotatable bonds is 7. The summed E-state index contributed by atoms with van der Waals surface area (Å²) in [6, 6.07) is 0. The molecule has 1 aromatic heterocycles. The summed E-state index contributed by atoms with van der Waals surface area (Å²) in [4.78, 5) is 4.27. The number of nitrogens with zero attached hydrogens (tertiary/aromatic N) is 2. The fourth-order valence-electron chi connectivity index (χ4n) is 1.65. The van der Waals surface area contributed by atoms with Crippen LogP contribution in [0.4, 0.5) is 5.95 Å². The number of imidazole rings is 1. The molecule has 0 saturated carbocycles. The van der Waals surface area contributed by atoms with Gasteiger partial charge in [0.1, 0.15) is 0 Å². The van der Waals surface area contributed by atoms with Crippen molar-refractivity contribution in [3.05, 3.63) is 12.4 Å². The monoisotopic (exact) mass is 209 g/mol. The van der Waals surface area contributed by atoms with Crippen LogP contribution in [0.5, 0.6) is 0 Å². The zero-order valence-corrected chi connectivity index (χ0v) is 10.2. The van der Waals surface area contributed by atoms with Gasteiger partial charge < -0.3 is 9.88 Å². The lowest BCUT2D eigenvalue weighted by atomic mass is 10.1. The van der Waals surface area contributed by atoms with Crippen LogP contribution < -0.4 is 5.32 Å². The van der Waals surface area contributed by atoms with Crippen LogP contribution >= 0.6 is 0 Å². The first-order valence-electron chi connectivity index (χ1n) is 5.99. The lowest BCUT2D eigenvalue weighted by molar-refractivity contribution is 0.510. The van der Waals surface area contributed by atoms with Gasteiger partial charge in [-0.2, -0.15) is 0 Å². The van der Waals surface area contributed by atoms with Crippen molar-refractivity contribution in [2.45, 2.75) is 46.6 Å². The largest absolute Gasteiger partial charge is 0.356 e. The van der Waals surface area contributed by atoms with Crippen LogP contribution in [-0.4, -0.2) is 16.1 Å². The summed E-state index contributed by atoms with van der Waals surface area (Å²) in [7, 11) is 0. The number of nitrogens with one attached hydrogen (secondary N) is 1. The molecule has 1 aromatic rings. The first-order chi connectivity index (χ1) is 7.24. The first kappa shape index (κ1) is 12.1. The number of aryl methyl sites for hydroxylation is 1. The summed E-state index contributed by atoms with van der Waals surface area (Å²) in [5.41, 5.74) is 0. The van der Waals surface area contributed by atoms with E-state index in [-0.39, 0.29) is 0 Å². The highest BCUT2D eigenvalue weighted by molar-refractivity contribution is 5.25. The Kier molecular flexibility index (Phi) is 5.22. The van der Waals surface area contributed by atoms with E-state index in [1.54, 1.807) is 0 Å². The van der Waals surface area contributed by atoms with Crippen molar-refractivity contribution in [2.24, 2.45) is 5.92 Å². The molecule has 1 N–H and O–H groups in total. The van der Waals surface area contributed by atoms with Crippen molar-refractivity contribution in [1.29, 1.82) is 0 Å². The molecule has 86 valence electrons. The SMILES string of the molecule is CCNc1nccn1CCCCC(C)C. The van der Waals surface area contributed by atoms with Gasteiger partial charge in [-0.15, -0.1) is 0 Å². The standard InChI is InChI=1S/C12H23N3/c1-4-13-12-14-8-10-15(12)9-6-5-7-11(2)3/h8,10-11H,4-7,9H2,1-3H3,(H,13,14). The highest BCUT2D eigenvalue weighted by Crippen LogP contribution is 2.10. The summed E-state index contributed by atoms with van der Waals surface area (Å²) in [5, 5.41) is 3.26. The summed E-state index contributed by atoms with van der Waals surface area (Å²) >= 11 is 0. The molecule has 3 heteroatoms. The van der Waals surface area contributed by atoms with E-state index in [2.05, 4.69) is 35.6 Å². The van der Waals surface area contributed by atoms with Gasteiger partial charge in [0.05, 0.1) is 0 Å². The van der Waals surface area contributed by atoms with Crippen LogP contribution in [0, 0.1) is 5.92 Å². The Balaban J connectivity index is 2.27. The lowest BCUT2D eigenvalue weighted by Gasteiger charge is -2.08. The van der Waals surface area contributed by atoms with Crippen LogP contribution in [0.1, 0.15) is 40.0 Å². The number of hydrogen-bond acceptors (Lipinski definition) is 2. The zero-order chi connectivity index (χ0) is 11.1. The maximum atomic E-state index is 4.27. The Hall–Kier alpha value is -0.990. The van der Waals surface area contributed by atoms with Crippen LogP contribution in [0.25, 0.3) is 0 Å². The van der Waals surface area contributed by atoms with E-state index in [9.17, 15) is 0 Å². The maximum absolute atomic E-state index is 4.27. The molecule has 0 amide bonds. The fourth-order valence-corrected chi connectivity index (χ4v) is 1.65. The quantitative estimate of drug-likeness (QED) is 0.699. The zero-order valence-electron chi connectivity index (χ0n) is 10.2. The summed E-state index contributed by atoms with van der Waals surface area (Å²) < 4.78 is 2.20. The molecule has 0 aromatic carbocycles. The third-order valence-electron chi connectivity index (χ3n) is 2.48. The van der Waals surface area contributed by atoms with Gasteiger partial charge in [-0.1, -0.05) is 26.7 Å². The number of aromatic nitrogens is 2. The number of hydrogen-bond donors (Lipinski definition) is 1. The third kappa shape index (κ3) is 4.36. The van der Waals surface area contributed by atoms with Gasteiger partial charge in [-0.05, 0) is 19.3 Å². The van der Waals surface area contributed by atoms with Gasteiger partial charge in [0.15, 0.2) is 0 Å². The van der Waals surface area contributed by atoms with Crippen LogP contribution in [0.15, 0.2) is 12.4 Å². The molecule has 15 heavy (non-hydrogen) atoms. The van der Waals surface area contributed by atoms with E-state index in [0.29, 0.717) is 0 Å². The minimum Gasteiger partial charge on any atom is -0.356 e. The Bertz CT molecular complexity index is 266. The van der Waals surface area contributed by atoms with Gasteiger partial charge in [-0.3, -0.25) is 0 Å². The van der Waals surface area contributed by atoms with Gasteiger partial charge >= 0.3 is 0 Å². The van der Waals surface area contributed by atoms with Crippen LogP contribution in [0.3, 0.4) is 0 Å².